The number of methoxy groups -OCH3 is 1. The first-order valence-corrected chi connectivity index (χ1v) is 6.85. The van der Waals surface area contributed by atoms with Crippen LogP contribution in [0.25, 0.3) is 0 Å². The Kier molecular flexibility index (Phi) is 12.3. The molecule has 118 valence electrons. The summed E-state index contributed by atoms with van der Waals surface area (Å²) in [7, 11) is 3.64. The Balaban J connectivity index is 0.00000361. The van der Waals surface area contributed by atoms with Crippen LogP contribution in [0.1, 0.15) is 19.0 Å². The predicted octanol–water partition coefficient (Wildman–Crippen LogP) is -2.66. The van der Waals surface area contributed by atoms with Crippen molar-refractivity contribution < 1.29 is 42.9 Å². The van der Waals surface area contributed by atoms with Gasteiger partial charge in [-0.05, 0) is 6.42 Å². The van der Waals surface area contributed by atoms with Crippen molar-refractivity contribution in [3.63, 3.8) is 0 Å². The molecule has 0 aliphatic heterocycles. The third-order valence-electron chi connectivity index (χ3n) is 2.74. The summed E-state index contributed by atoms with van der Waals surface area (Å²) in [6, 6.07) is 0. The molecular weight excluding hydrogens is 373 g/mol. The second-order valence-corrected chi connectivity index (χ2v) is 4.36. The quantitative estimate of drug-likeness (QED) is 0.232. The summed E-state index contributed by atoms with van der Waals surface area (Å²) in [5.41, 5.74) is 1.25. The van der Waals surface area contributed by atoms with Crippen molar-refractivity contribution >= 4 is 0 Å². The number of aryl methyl sites for hydroxylation is 2. The van der Waals surface area contributed by atoms with Crippen LogP contribution >= 0.6 is 0 Å². The van der Waals surface area contributed by atoms with Crippen LogP contribution in [0.4, 0.5) is 0 Å². The van der Waals surface area contributed by atoms with Gasteiger partial charge in [-0.2, -0.15) is 0 Å². The topological polar surface area (TPSA) is 49.4 Å². The molecule has 1 aromatic rings. The second-order valence-electron chi connectivity index (χ2n) is 4.36. The molecule has 0 aliphatic carbocycles. The highest BCUT2D eigenvalue weighted by Crippen LogP contribution is 1.95. The molecule has 0 atom stereocenters. The first-order chi connectivity index (χ1) is 9.27. The van der Waals surface area contributed by atoms with Crippen LogP contribution < -0.4 is 28.7 Å². The summed E-state index contributed by atoms with van der Waals surface area (Å²) in [6.45, 7) is 6.07. The van der Waals surface area contributed by atoms with E-state index in [1.54, 1.807) is 7.11 Å². The second kappa shape index (κ2) is 12.5. The third-order valence-corrected chi connectivity index (χ3v) is 2.74. The fraction of sp³-hybridized carbons (Fsp3) is 0.846. The number of halogens is 1. The minimum atomic E-state index is 0. The highest BCUT2D eigenvalue weighted by atomic mass is 127. The Hall–Kier alpha value is -0.250. The standard InChI is InChI=1S/C13H26N3O3.HI/c1-4-5-13-12-16(14-15(13)2)6-7-18-10-11-19-9-8-17-3;/h12H,4-11H2,1-3H3;1H/q+1;/p-1. The zero-order valence-electron chi connectivity index (χ0n) is 12.7. The Morgan fingerprint density at radius 2 is 1.80 bits per heavy atom. The van der Waals surface area contributed by atoms with E-state index >= 15 is 0 Å². The van der Waals surface area contributed by atoms with E-state index < -0.39 is 0 Å². The molecule has 0 saturated carbocycles. The van der Waals surface area contributed by atoms with Crippen LogP contribution in [0.5, 0.6) is 0 Å². The zero-order chi connectivity index (χ0) is 13.9. The van der Waals surface area contributed by atoms with Gasteiger partial charge in [0.25, 0.3) is 0 Å². The van der Waals surface area contributed by atoms with Crippen LogP contribution in [0.15, 0.2) is 6.20 Å². The molecule has 1 aromatic heterocycles. The Labute approximate surface area is 138 Å². The van der Waals surface area contributed by atoms with Gasteiger partial charge in [0.2, 0.25) is 0 Å². The SMILES string of the molecule is CCCc1cn(CCOCCOCCOC)n[n+]1C.[I-]. The van der Waals surface area contributed by atoms with Gasteiger partial charge in [0.1, 0.15) is 13.6 Å². The molecule has 1 heterocycles. The van der Waals surface area contributed by atoms with Gasteiger partial charge in [-0.1, -0.05) is 6.92 Å². The van der Waals surface area contributed by atoms with Crippen molar-refractivity contribution in [2.75, 3.05) is 40.1 Å². The minimum absolute atomic E-state index is 0. The Bertz CT molecular complexity index is 348. The molecule has 0 spiro atoms. The van der Waals surface area contributed by atoms with Gasteiger partial charge in [0.05, 0.1) is 38.2 Å². The molecule has 1 rings (SSSR count). The fourth-order valence-electron chi connectivity index (χ4n) is 1.73. The van der Waals surface area contributed by atoms with Crippen molar-refractivity contribution in [3.8, 4) is 0 Å². The van der Waals surface area contributed by atoms with E-state index in [0.29, 0.717) is 33.0 Å². The van der Waals surface area contributed by atoms with Crippen LogP contribution in [0.3, 0.4) is 0 Å². The monoisotopic (exact) mass is 399 g/mol. The number of hydrogen-bond donors (Lipinski definition) is 0. The molecule has 0 aromatic carbocycles. The van der Waals surface area contributed by atoms with Gasteiger partial charge in [0, 0.05) is 13.5 Å². The molecule has 0 amide bonds. The van der Waals surface area contributed by atoms with Gasteiger partial charge < -0.3 is 38.2 Å². The highest BCUT2D eigenvalue weighted by molar-refractivity contribution is 4.85. The maximum absolute atomic E-state index is 5.49. The van der Waals surface area contributed by atoms with Crippen LogP contribution in [0.2, 0.25) is 0 Å². The Morgan fingerprint density at radius 3 is 2.45 bits per heavy atom. The average Bonchev–Trinajstić information content (AvgIpc) is 2.74. The van der Waals surface area contributed by atoms with Crippen LogP contribution in [-0.4, -0.2) is 50.0 Å². The molecule has 6 nitrogen and oxygen atoms in total. The van der Waals surface area contributed by atoms with Gasteiger partial charge in [-0.25, -0.2) is 0 Å². The van der Waals surface area contributed by atoms with Gasteiger partial charge >= 0.3 is 0 Å². The van der Waals surface area contributed by atoms with Gasteiger partial charge in [-0.3, -0.25) is 0 Å². The van der Waals surface area contributed by atoms with E-state index in [-0.39, 0.29) is 24.0 Å². The fourth-order valence-corrected chi connectivity index (χ4v) is 1.73. The van der Waals surface area contributed by atoms with Crippen molar-refractivity contribution in [2.45, 2.75) is 26.3 Å². The lowest BCUT2D eigenvalue weighted by Crippen LogP contribution is -3.00. The minimum Gasteiger partial charge on any atom is -1.00 e. The number of rotatable bonds is 11. The zero-order valence-corrected chi connectivity index (χ0v) is 14.8. The molecule has 0 fully saturated rings. The van der Waals surface area contributed by atoms with Crippen molar-refractivity contribution in [1.29, 1.82) is 0 Å². The largest absolute Gasteiger partial charge is 1.00 e. The van der Waals surface area contributed by atoms with Crippen molar-refractivity contribution in [1.82, 2.24) is 9.90 Å². The average molecular weight is 399 g/mol. The van der Waals surface area contributed by atoms with E-state index in [0.717, 1.165) is 19.4 Å². The third kappa shape index (κ3) is 8.13. The van der Waals surface area contributed by atoms with E-state index in [1.165, 1.54) is 5.69 Å². The van der Waals surface area contributed by atoms with Crippen LogP contribution in [0, 0.1) is 0 Å². The normalized spacial score (nSPS) is 10.6. The first kappa shape index (κ1) is 19.8. The molecule has 0 aliphatic rings. The molecule has 0 radical (unpaired) electrons. The van der Waals surface area contributed by atoms with E-state index in [9.17, 15) is 0 Å². The highest BCUT2D eigenvalue weighted by Gasteiger charge is 2.10. The first-order valence-electron chi connectivity index (χ1n) is 6.85. The molecule has 0 unspecified atom stereocenters. The smallest absolute Gasteiger partial charge is 0.167 e. The van der Waals surface area contributed by atoms with E-state index in [1.807, 2.05) is 16.4 Å². The van der Waals surface area contributed by atoms with E-state index in [2.05, 4.69) is 18.3 Å². The lowest BCUT2D eigenvalue weighted by molar-refractivity contribution is -0.739. The maximum atomic E-state index is 5.49. The number of hydrogen-bond acceptors (Lipinski definition) is 4. The molecule has 0 N–H and O–H groups in total. The Morgan fingerprint density at radius 1 is 1.15 bits per heavy atom. The molecule has 0 bridgehead atoms. The summed E-state index contributed by atoms with van der Waals surface area (Å²) in [4.78, 5) is 0. The summed E-state index contributed by atoms with van der Waals surface area (Å²) < 4.78 is 19.5. The summed E-state index contributed by atoms with van der Waals surface area (Å²) in [6.07, 6.45) is 4.28. The predicted molar refractivity (Wildman–Crippen MR) is 70.9 cm³/mol. The van der Waals surface area contributed by atoms with Crippen LogP contribution in [-0.2, 0) is 34.2 Å². The molecule has 20 heavy (non-hydrogen) atoms. The lowest BCUT2D eigenvalue weighted by atomic mass is 10.3. The maximum Gasteiger partial charge on any atom is 0.167 e. The van der Waals surface area contributed by atoms with E-state index in [4.69, 9.17) is 14.2 Å². The summed E-state index contributed by atoms with van der Waals surface area (Å²) >= 11 is 0. The van der Waals surface area contributed by atoms with Crippen molar-refractivity contribution in [3.05, 3.63) is 11.9 Å². The lowest BCUT2D eigenvalue weighted by Gasteiger charge is -2.03. The number of nitrogens with zero attached hydrogens (tertiary/aromatic N) is 3. The molecule has 0 saturated heterocycles. The number of ether oxygens (including phenoxy) is 3. The van der Waals surface area contributed by atoms with Gasteiger partial charge in [0.15, 0.2) is 11.9 Å². The molecule has 7 heteroatoms. The summed E-state index contributed by atoms with van der Waals surface area (Å²) in [5, 5.41) is 4.39. The molecular formula is C13H26IN3O3. The summed E-state index contributed by atoms with van der Waals surface area (Å²) in [5.74, 6) is 0. The van der Waals surface area contributed by atoms with Gasteiger partial charge in [-0.15, -0.1) is 9.36 Å². The van der Waals surface area contributed by atoms with Crippen molar-refractivity contribution in [2.24, 2.45) is 7.05 Å². The number of aromatic nitrogens is 3.